The molecule has 2 aliphatic heterocycles. The van der Waals surface area contributed by atoms with Gasteiger partial charge in [0.15, 0.2) is 11.5 Å². The SMILES string of the molecule is COC(=O)c1[nH]c2cc(OC)c(OC)cc2c1NC(=O)CN1C[C@H]2C[C@H](C1)c1cccc(=O)n1C2. The van der Waals surface area contributed by atoms with Gasteiger partial charge < -0.3 is 29.1 Å². The molecule has 2 atom stereocenters. The molecule has 4 heterocycles. The number of pyridine rings is 1. The minimum absolute atomic E-state index is 0.0325. The first kappa shape index (κ1) is 23.0. The molecule has 10 heteroatoms. The number of aromatic amines is 1. The number of nitrogens with one attached hydrogen (secondary N) is 2. The van der Waals surface area contributed by atoms with E-state index in [0.717, 1.165) is 18.7 Å². The van der Waals surface area contributed by atoms with Crippen LogP contribution in [0.4, 0.5) is 5.69 Å². The average Bonchev–Trinajstić information content (AvgIpc) is 3.20. The summed E-state index contributed by atoms with van der Waals surface area (Å²) in [6.45, 7) is 2.26. The summed E-state index contributed by atoms with van der Waals surface area (Å²) in [4.78, 5) is 43.0. The second-order valence-corrected chi connectivity index (χ2v) is 9.06. The highest BCUT2D eigenvalue weighted by atomic mass is 16.5. The summed E-state index contributed by atoms with van der Waals surface area (Å²) in [6.07, 6.45) is 1.01. The van der Waals surface area contributed by atoms with Crippen molar-refractivity contribution in [3.8, 4) is 11.5 Å². The molecule has 2 N–H and O–H groups in total. The van der Waals surface area contributed by atoms with Crippen molar-refractivity contribution in [2.45, 2.75) is 18.9 Å². The van der Waals surface area contributed by atoms with E-state index in [1.165, 1.54) is 21.3 Å². The third-order valence-electron chi connectivity index (χ3n) is 6.88. The number of hydrogen-bond donors (Lipinski definition) is 2. The summed E-state index contributed by atoms with van der Waals surface area (Å²) < 4.78 is 17.5. The Morgan fingerprint density at radius 1 is 1.09 bits per heavy atom. The maximum absolute atomic E-state index is 13.2. The fourth-order valence-electron chi connectivity index (χ4n) is 5.41. The first-order valence-electron chi connectivity index (χ1n) is 11.5. The second kappa shape index (κ2) is 9.10. The Labute approximate surface area is 201 Å². The van der Waals surface area contributed by atoms with Gasteiger partial charge in [0.2, 0.25) is 5.91 Å². The molecule has 35 heavy (non-hydrogen) atoms. The lowest BCUT2D eigenvalue weighted by Crippen LogP contribution is -2.49. The topological polar surface area (TPSA) is 115 Å². The number of carbonyl (C=O) groups is 2. The normalized spacial score (nSPS) is 19.2. The molecule has 0 aliphatic carbocycles. The molecule has 2 aliphatic rings. The van der Waals surface area contributed by atoms with Gasteiger partial charge in [0.25, 0.3) is 5.56 Å². The molecule has 184 valence electrons. The smallest absolute Gasteiger partial charge is 0.356 e. The Hall–Kier alpha value is -3.79. The van der Waals surface area contributed by atoms with E-state index in [1.54, 1.807) is 24.3 Å². The van der Waals surface area contributed by atoms with Gasteiger partial charge in [-0.1, -0.05) is 6.07 Å². The van der Waals surface area contributed by atoms with Gasteiger partial charge in [-0.25, -0.2) is 4.79 Å². The van der Waals surface area contributed by atoms with Gasteiger partial charge in [-0.15, -0.1) is 0 Å². The minimum Gasteiger partial charge on any atom is -0.493 e. The highest BCUT2D eigenvalue weighted by molar-refractivity contribution is 6.11. The molecule has 0 spiro atoms. The molecule has 10 nitrogen and oxygen atoms in total. The summed E-state index contributed by atoms with van der Waals surface area (Å²) >= 11 is 0. The van der Waals surface area contributed by atoms with E-state index in [4.69, 9.17) is 14.2 Å². The molecule has 1 saturated heterocycles. The molecule has 2 aromatic heterocycles. The van der Waals surface area contributed by atoms with Crippen LogP contribution in [0.2, 0.25) is 0 Å². The number of esters is 1. The van der Waals surface area contributed by atoms with Gasteiger partial charge in [-0.05, 0) is 24.5 Å². The van der Waals surface area contributed by atoms with E-state index in [0.29, 0.717) is 47.1 Å². The number of rotatable bonds is 6. The van der Waals surface area contributed by atoms with E-state index in [9.17, 15) is 14.4 Å². The van der Waals surface area contributed by atoms with Crippen LogP contribution in [0.3, 0.4) is 0 Å². The number of anilines is 1. The van der Waals surface area contributed by atoms with Crippen molar-refractivity contribution in [3.63, 3.8) is 0 Å². The first-order valence-corrected chi connectivity index (χ1v) is 11.5. The van der Waals surface area contributed by atoms with Gasteiger partial charge in [0.05, 0.1) is 39.1 Å². The van der Waals surface area contributed by atoms with Crippen LogP contribution >= 0.6 is 0 Å². The van der Waals surface area contributed by atoms with Crippen LogP contribution in [0.25, 0.3) is 10.9 Å². The number of hydrogen-bond acceptors (Lipinski definition) is 7. The third kappa shape index (κ3) is 4.14. The Kier molecular flexibility index (Phi) is 5.98. The van der Waals surface area contributed by atoms with E-state index in [1.807, 2.05) is 10.6 Å². The molecule has 1 aromatic carbocycles. The van der Waals surface area contributed by atoms with Crippen LogP contribution in [0.1, 0.15) is 28.5 Å². The Morgan fingerprint density at radius 3 is 2.60 bits per heavy atom. The van der Waals surface area contributed by atoms with Crippen molar-refractivity contribution in [3.05, 3.63) is 52.1 Å². The van der Waals surface area contributed by atoms with Gasteiger partial charge in [0.1, 0.15) is 5.69 Å². The number of H-pyrrole nitrogens is 1. The van der Waals surface area contributed by atoms with Crippen molar-refractivity contribution in [1.82, 2.24) is 14.5 Å². The monoisotopic (exact) mass is 480 g/mol. The zero-order valence-corrected chi connectivity index (χ0v) is 19.9. The number of ether oxygens (including phenoxy) is 3. The summed E-state index contributed by atoms with van der Waals surface area (Å²) in [5.74, 6) is 0.656. The summed E-state index contributed by atoms with van der Waals surface area (Å²) in [5.41, 5.74) is 2.16. The molecule has 0 unspecified atom stereocenters. The van der Waals surface area contributed by atoms with E-state index in [2.05, 4.69) is 15.2 Å². The number of likely N-dealkylation sites (tertiary alicyclic amines) is 1. The number of benzene rings is 1. The number of methoxy groups -OCH3 is 3. The quantitative estimate of drug-likeness (QED) is 0.520. The van der Waals surface area contributed by atoms with Crippen LogP contribution < -0.4 is 20.3 Å². The molecule has 0 radical (unpaired) electrons. The zero-order valence-electron chi connectivity index (χ0n) is 19.9. The second-order valence-electron chi connectivity index (χ2n) is 9.06. The third-order valence-corrected chi connectivity index (χ3v) is 6.88. The predicted molar refractivity (Wildman–Crippen MR) is 129 cm³/mol. The van der Waals surface area contributed by atoms with Crippen molar-refractivity contribution in [2.24, 2.45) is 5.92 Å². The first-order chi connectivity index (χ1) is 16.9. The predicted octanol–water partition coefficient (Wildman–Crippen LogP) is 2.19. The number of amides is 1. The van der Waals surface area contributed by atoms with Crippen LogP contribution in [-0.2, 0) is 16.1 Å². The number of carbonyl (C=O) groups excluding carboxylic acids is 2. The van der Waals surface area contributed by atoms with Crippen molar-refractivity contribution in [2.75, 3.05) is 46.3 Å². The minimum atomic E-state index is -0.594. The van der Waals surface area contributed by atoms with E-state index >= 15 is 0 Å². The van der Waals surface area contributed by atoms with E-state index in [-0.39, 0.29) is 29.6 Å². The fourth-order valence-corrected chi connectivity index (χ4v) is 5.41. The number of fused-ring (bicyclic) bond motifs is 5. The van der Waals surface area contributed by atoms with Crippen LogP contribution in [-0.4, -0.2) is 67.3 Å². The zero-order chi connectivity index (χ0) is 24.7. The highest BCUT2D eigenvalue weighted by Gasteiger charge is 2.35. The lowest BCUT2D eigenvalue weighted by atomic mass is 9.83. The Balaban J connectivity index is 1.39. The maximum Gasteiger partial charge on any atom is 0.356 e. The Bertz CT molecular complexity index is 1360. The number of piperidine rings is 1. The molecular formula is C25H28N4O6. The van der Waals surface area contributed by atoms with Crippen molar-refractivity contribution >= 4 is 28.5 Å². The Morgan fingerprint density at radius 2 is 1.86 bits per heavy atom. The van der Waals surface area contributed by atoms with E-state index < -0.39 is 5.97 Å². The summed E-state index contributed by atoms with van der Waals surface area (Å²) in [5, 5.41) is 3.53. The molecule has 0 saturated carbocycles. The molecule has 5 rings (SSSR count). The van der Waals surface area contributed by atoms with Crippen LogP contribution in [0, 0.1) is 5.92 Å². The molecule has 1 amide bonds. The van der Waals surface area contributed by atoms with Gasteiger partial charge in [0, 0.05) is 48.8 Å². The highest BCUT2D eigenvalue weighted by Crippen LogP contribution is 2.38. The van der Waals surface area contributed by atoms with Gasteiger partial charge >= 0.3 is 5.97 Å². The number of nitrogens with zero attached hydrogens (tertiary/aromatic N) is 2. The summed E-state index contributed by atoms with van der Waals surface area (Å²) in [6, 6.07) is 8.82. The van der Waals surface area contributed by atoms with Gasteiger partial charge in [-0.2, -0.15) is 0 Å². The largest absolute Gasteiger partial charge is 0.493 e. The van der Waals surface area contributed by atoms with Crippen LogP contribution in [0.15, 0.2) is 35.1 Å². The van der Waals surface area contributed by atoms with Crippen molar-refractivity contribution in [1.29, 1.82) is 0 Å². The van der Waals surface area contributed by atoms with Crippen molar-refractivity contribution < 1.29 is 23.8 Å². The summed E-state index contributed by atoms with van der Waals surface area (Å²) in [7, 11) is 4.34. The van der Waals surface area contributed by atoms with Gasteiger partial charge in [-0.3, -0.25) is 14.5 Å². The van der Waals surface area contributed by atoms with Crippen LogP contribution in [0.5, 0.6) is 11.5 Å². The molecule has 3 aromatic rings. The molecule has 2 bridgehead atoms. The maximum atomic E-state index is 13.2. The fraction of sp³-hybridized carbons (Fsp3) is 0.400. The lowest BCUT2D eigenvalue weighted by molar-refractivity contribution is -0.117. The molecular weight excluding hydrogens is 452 g/mol. The average molecular weight is 481 g/mol. The number of aromatic nitrogens is 2. The lowest BCUT2D eigenvalue weighted by Gasteiger charge is -2.42. The standard InChI is InChI=1S/C25H28N4O6/c1-33-19-8-16-17(9-20(19)34-2)26-24(25(32)35-3)23(16)27-21(30)13-28-10-14-7-15(12-28)18-5-4-6-22(31)29(18)11-14/h4-6,8-9,14-15,26H,7,10-13H2,1-3H3,(H,27,30)/t14-,15-/m1/s1. The molecule has 1 fully saturated rings.